The summed E-state index contributed by atoms with van der Waals surface area (Å²) in [7, 11) is 0. The first kappa shape index (κ1) is 14.6. The summed E-state index contributed by atoms with van der Waals surface area (Å²) in [5.41, 5.74) is 0.840. The zero-order chi connectivity index (χ0) is 14.8. The van der Waals surface area contributed by atoms with E-state index in [2.05, 4.69) is 44.0 Å². The molecule has 21 heavy (non-hydrogen) atoms. The first-order valence-corrected chi connectivity index (χ1v) is 8.02. The Morgan fingerprint density at radius 1 is 0.905 bits per heavy atom. The van der Waals surface area contributed by atoms with Gasteiger partial charge in [-0.2, -0.15) is 0 Å². The van der Waals surface area contributed by atoms with Crippen LogP contribution >= 0.6 is 31.9 Å². The van der Waals surface area contributed by atoms with Crippen molar-refractivity contribution in [1.82, 2.24) is 0 Å². The van der Waals surface area contributed by atoms with Crippen LogP contribution in [0.25, 0.3) is 10.8 Å². The van der Waals surface area contributed by atoms with E-state index in [0.29, 0.717) is 5.75 Å². The van der Waals surface area contributed by atoms with Crippen LogP contribution < -0.4 is 4.74 Å². The van der Waals surface area contributed by atoms with Crippen LogP contribution in [0.5, 0.6) is 11.5 Å². The molecular formula is C17H12Br2O2. The van der Waals surface area contributed by atoms with Crippen molar-refractivity contribution in [3.8, 4) is 11.5 Å². The summed E-state index contributed by atoms with van der Waals surface area (Å²) in [6, 6.07) is 17.6. The zero-order valence-electron chi connectivity index (χ0n) is 11.0. The third kappa shape index (κ3) is 2.98. The molecule has 0 heterocycles. The SMILES string of the molecule is OCc1ccc(Oc2ccc3ccccc3c2Br)c(Br)c1. The number of hydrogen-bond donors (Lipinski definition) is 1. The van der Waals surface area contributed by atoms with Crippen LogP contribution in [0.4, 0.5) is 0 Å². The van der Waals surface area contributed by atoms with E-state index >= 15 is 0 Å². The Balaban J connectivity index is 2.00. The second kappa shape index (κ2) is 6.18. The van der Waals surface area contributed by atoms with E-state index in [9.17, 15) is 0 Å². The van der Waals surface area contributed by atoms with Gasteiger partial charge < -0.3 is 9.84 Å². The Morgan fingerprint density at radius 2 is 1.67 bits per heavy atom. The van der Waals surface area contributed by atoms with E-state index in [4.69, 9.17) is 9.84 Å². The van der Waals surface area contributed by atoms with Gasteiger partial charge in [0.05, 0.1) is 15.6 Å². The zero-order valence-corrected chi connectivity index (χ0v) is 14.2. The van der Waals surface area contributed by atoms with Gasteiger partial charge in [0.15, 0.2) is 0 Å². The Bertz CT molecular complexity index is 800. The topological polar surface area (TPSA) is 29.5 Å². The number of benzene rings is 3. The van der Waals surface area contributed by atoms with Crippen molar-refractivity contribution in [2.75, 3.05) is 0 Å². The lowest BCUT2D eigenvalue weighted by Crippen LogP contribution is -1.90. The maximum atomic E-state index is 9.14. The number of hydrogen-bond acceptors (Lipinski definition) is 2. The van der Waals surface area contributed by atoms with Crippen LogP contribution in [-0.4, -0.2) is 5.11 Å². The van der Waals surface area contributed by atoms with Crippen molar-refractivity contribution >= 4 is 42.6 Å². The fourth-order valence-corrected chi connectivity index (χ4v) is 3.22. The molecule has 1 N–H and O–H groups in total. The van der Waals surface area contributed by atoms with Crippen LogP contribution in [0.15, 0.2) is 63.5 Å². The van der Waals surface area contributed by atoms with E-state index in [1.165, 1.54) is 0 Å². The van der Waals surface area contributed by atoms with Gasteiger partial charge >= 0.3 is 0 Å². The molecule has 106 valence electrons. The average molecular weight is 408 g/mol. The summed E-state index contributed by atoms with van der Waals surface area (Å²) in [4.78, 5) is 0. The number of halogens is 2. The Kier molecular flexibility index (Phi) is 4.29. The predicted octanol–water partition coefficient (Wildman–Crippen LogP) is 5.65. The average Bonchev–Trinajstić information content (AvgIpc) is 2.52. The first-order valence-electron chi connectivity index (χ1n) is 6.43. The van der Waals surface area contributed by atoms with Crippen LogP contribution in [0.3, 0.4) is 0 Å². The van der Waals surface area contributed by atoms with Crippen molar-refractivity contribution in [2.45, 2.75) is 6.61 Å². The lowest BCUT2D eigenvalue weighted by Gasteiger charge is -2.12. The number of fused-ring (bicyclic) bond motifs is 1. The number of ether oxygens (including phenoxy) is 1. The molecule has 3 aromatic carbocycles. The molecule has 0 unspecified atom stereocenters. The van der Waals surface area contributed by atoms with Gasteiger partial charge in [-0.05, 0) is 66.4 Å². The number of rotatable bonds is 3. The molecule has 0 aliphatic rings. The Hall–Kier alpha value is -1.36. The molecule has 0 atom stereocenters. The summed E-state index contributed by atoms with van der Waals surface area (Å²) in [6.45, 7) is 0.0124. The van der Waals surface area contributed by atoms with Crippen molar-refractivity contribution in [3.05, 3.63) is 69.1 Å². The Morgan fingerprint density at radius 3 is 2.43 bits per heavy atom. The van der Waals surface area contributed by atoms with Crippen LogP contribution in [-0.2, 0) is 6.61 Å². The normalized spacial score (nSPS) is 10.8. The van der Waals surface area contributed by atoms with Crippen LogP contribution in [0.2, 0.25) is 0 Å². The molecule has 4 heteroatoms. The maximum absolute atomic E-state index is 9.14. The second-order valence-electron chi connectivity index (χ2n) is 4.62. The van der Waals surface area contributed by atoms with Crippen molar-refractivity contribution in [2.24, 2.45) is 0 Å². The van der Waals surface area contributed by atoms with Gasteiger partial charge in [0.25, 0.3) is 0 Å². The van der Waals surface area contributed by atoms with Gasteiger partial charge in [0.1, 0.15) is 11.5 Å². The molecule has 3 rings (SSSR count). The highest BCUT2D eigenvalue weighted by atomic mass is 79.9. The van der Waals surface area contributed by atoms with Crippen molar-refractivity contribution in [1.29, 1.82) is 0 Å². The van der Waals surface area contributed by atoms with Gasteiger partial charge in [-0.1, -0.05) is 36.4 Å². The quantitative estimate of drug-likeness (QED) is 0.607. The fraction of sp³-hybridized carbons (Fsp3) is 0.0588. The maximum Gasteiger partial charge on any atom is 0.142 e. The van der Waals surface area contributed by atoms with Crippen LogP contribution in [0, 0.1) is 0 Å². The van der Waals surface area contributed by atoms with E-state index in [1.807, 2.05) is 42.5 Å². The van der Waals surface area contributed by atoms with Gasteiger partial charge in [-0.25, -0.2) is 0 Å². The molecule has 0 aliphatic heterocycles. The van der Waals surface area contributed by atoms with Gasteiger partial charge in [0.2, 0.25) is 0 Å². The number of aliphatic hydroxyl groups excluding tert-OH is 1. The molecule has 0 amide bonds. The van der Waals surface area contributed by atoms with Gasteiger partial charge in [-0.15, -0.1) is 0 Å². The highest BCUT2D eigenvalue weighted by Crippen LogP contribution is 2.38. The molecule has 0 spiro atoms. The summed E-state index contributed by atoms with van der Waals surface area (Å²) < 4.78 is 7.72. The van der Waals surface area contributed by atoms with E-state index in [1.54, 1.807) is 0 Å². The summed E-state index contributed by atoms with van der Waals surface area (Å²) in [5.74, 6) is 1.47. The molecule has 2 nitrogen and oxygen atoms in total. The highest BCUT2D eigenvalue weighted by molar-refractivity contribution is 9.11. The molecule has 0 bridgehead atoms. The molecule has 0 fully saturated rings. The predicted molar refractivity (Wildman–Crippen MR) is 91.8 cm³/mol. The molecular weight excluding hydrogens is 396 g/mol. The number of aliphatic hydroxyl groups is 1. The Labute approximate surface area is 139 Å². The van der Waals surface area contributed by atoms with Crippen molar-refractivity contribution < 1.29 is 9.84 Å². The van der Waals surface area contributed by atoms with Gasteiger partial charge in [-0.3, -0.25) is 0 Å². The smallest absolute Gasteiger partial charge is 0.142 e. The third-order valence-electron chi connectivity index (χ3n) is 3.23. The standard InChI is InChI=1S/C17H12Br2O2/c18-14-9-11(10-20)5-7-15(14)21-16-8-6-12-3-1-2-4-13(12)17(16)19/h1-9,20H,10H2. The fourth-order valence-electron chi connectivity index (χ4n) is 2.14. The second-order valence-corrected chi connectivity index (χ2v) is 6.27. The molecule has 0 aromatic heterocycles. The molecule has 3 aromatic rings. The minimum Gasteiger partial charge on any atom is -0.455 e. The lowest BCUT2D eigenvalue weighted by atomic mass is 10.1. The van der Waals surface area contributed by atoms with Crippen molar-refractivity contribution in [3.63, 3.8) is 0 Å². The highest BCUT2D eigenvalue weighted by Gasteiger charge is 2.09. The minimum absolute atomic E-state index is 0.0124. The third-order valence-corrected chi connectivity index (χ3v) is 4.66. The monoisotopic (exact) mass is 406 g/mol. The summed E-state index contributed by atoms with van der Waals surface area (Å²) in [5, 5.41) is 11.4. The molecule has 0 saturated carbocycles. The molecule has 0 radical (unpaired) electrons. The summed E-state index contributed by atoms with van der Waals surface area (Å²) in [6.07, 6.45) is 0. The first-order chi connectivity index (χ1) is 10.2. The summed E-state index contributed by atoms with van der Waals surface area (Å²) >= 11 is 7.08. The van der Waals surface area contributed by atoms with E-state index < -0.39 is 0 Å². The minimum atomic E-state index is 0.0124. The molecule has 0 aliphatic carbocycles. The lowest BCUT2D eigenvalue weighted by molar-refractivity contribution is 0.281. The van der Waals surface area contributed by atoms with Crippen LogP contribution in [0.1, 0.15) is 5.56 Å². The van der Waals surface area contributed by atoms with Gasteiger partial charge in [0, 0.05) is 0 Å². The van der Waals surface area contributed by atoms with E-state index in [0.717, 1.165) is 31.0 Å². The van der Waals surface area contributed by atoms with E-state index in [-0.39, 0.29) is 6.61 Å². The largest absolute Gasteiger partial charge is 0.455 e. The molecule has 0 saturated heterocycles.